The van der Waals surface area contributed by atoms with E-state index in [0.717, 1.165) is 12.8 Å². The molecule has 0 saturated carbocycles. The van der Waals surface area contributed by atoms with Crippen molar-refractivity contribution in [3.05, 3.63) is 29.6 Å². The van der Waals surface area contributed by atoms with E-state index in [9.17, 15) is 18.0 Å². The van der Waals surface area contributed by atoms with Crippen LogP contribution in [0.4, 0.5) is 0 Å². The number of sulfone groups is 1. The third kappa shape index (κ3) is 4.28. The van der Waals surface area contributed by atoms with E-state index in [1.165, 1.54) is 23.1 Å². The number of hydrogen-bond acceptors (Lipinski definition) is 5. The number of unbranched alkanes of at least 4 members (excludes halogenated alkanes) is 1. The molecule has 1 N–H and O–H groups in total. The van der Waals surface area contributed by atoms with Crippen LogP contribution in [0.1, 0.15) is 47.2 Å². The molecule has 0 bridgehead atoms. The zero-order valence-corrected chi connectivity index (χ0v) is 13.8. The maximum atomic E-state index is 12.7. The summed E-state index contributed by atoms with van der Waals surface area (Å²) in [5.74, 6) is -1.58. The summed E-state index contributed by atoms with van der Waals surface area (Å²) >= 11 is 0. The van der Waals surface area contributed by atoms with Crippen LogP contribution in [0.2, 0.25) is 0 Å². The van der Waals surface area contributed by atoms with Crippen molar-refractivity contribution in [1.82, 2.24) is 9.88 Å². The van der Waals surface area contributed by atoms with Gasteiger partial charge in [0.25, 0.3) is 5.91 Å². The van der Waals surface area contributed by atoms with Crippen molar-refractivity contribution in [3.63, 3.8) is 0 Å². The second-order valence-corrected chi connectivity index (χ2v) is 7.85. The largest absolute Gasteiger partial charge is 0.477 e. The van der Waals surface area contributed by atoms with E-state index < -0.39 is 21.7 Å². The SMILES string of the molecule is CCCCN(C(=O)c1cccc(C(=O)O)n1)C1CCS(=O)(=O)C1. The van der Waals surface area contributed by atoms with Gasteiger partial charge in [0.1, 0.15) is 11.4 Å². The third-order valence-corrected chi connectivity index (χ3v) is 5.60. The van der Waals surface area contributed by atoms with Crippen LogP contribution in [-0.4, -0.2) is 59.4 Å². The van der Waals surface area contributed by atoms with E-state index in [2.05, 4.69) is 4.98 Å². The molecular weight excluding hydrogens is 320 g/mol. The lowest BCUT2D eigenvalue weighted by atomic mass is 10.1. The fourth-order valence-electron chi connectivity index (χ4n) is 2.62. The van der Waals surface area contributed by atoms with Crippen LogP contribution in [0.15, 0.2) is 18.2 Å². The Kier molecular flexibility index (Phi) is 5.35. The lowest BCUT2D eigenvalue weighted by Gasteiger charge is -2.28. The molecule has 2 rings (SSSR count). The number of nitrogens with zero attached hydrogens (tertiary/aromatic N) is 2. The molecule has 1 aromatic rings. The predicted molar refractivity (Wildman–Crippen MR) is 84.2 cm³/mol. The van der Waals surface area contributed by atoms with Crippen LogP contribution in [-0.2, 0) is 9.84 Å². The van der Waals surface area contributed by atoms with Crippen molar-refractivity contribution in [2.24, 2.45) is 0 Å². The minimum atomic E-state index is -3.11. The van der Waals surface area contributed by atoms with E-state index in [1.807, 2.05) is 6.92 Å². The fraction of sp³-hybridized carbons (Fsp3) is 0.533. The summed E-state index contributed by atoms with van der Waals surface area (Å²) in [6.07, 6.45) is 2.03. The van der Waals surface area contributed by atoms with Gasteiger partial charge in [0, 0.05) is 12.6 Å². The smallest absolute Gasteiger partial charge is 0.354 e. The highest BCUT2D eigenvalue weighted by Crippen LogP contribution is 2.20. The van der Waals surface area contributed by atoms with Gasteiger partial charge < -0.3 is 10.0 Å². The Balaban J connectivity index is 2.26. The number of amides is 1. The van der Waals surface area contributed by atoms with Crippen LogP contribution in [0.25, 0.3) is 0 Å². The molecule has 1 saturated heterocycles. The third-order valence-electron chi connectivity index (χ3n) is 3.85. The fourth-order valence-corrected chi connectivity index (χ4v) is 4.35. The molecule has 0 radical (unpaired) electrons. The standard InChI is InChI=1S/C15H20N2O5S/c1-2-3-8-17(11-7-9-23(21,22)10-11)14(18)12-5-4-6-13(16-12)15(19)20/h4-6,11H,2-3,7-10H2,1H3,(H,19,20). The number of rotatable bonds is 6. The molecule has 0 aliphatic carbocycles. The Labute approximate surface area is 135 Å². The number of hydrogen-bond donors (Lipinski definition) is 1. The van der Waals surface area contributed by atoms with E-state index in [1.54, 1.807) is 0 Å². The van der Waals surface area contributed by atoms with Crippen LogP contribution in [0, 0.1) is 0 Å². The minimum Gasteiger partial charge on any atom is -0.477 e. The molecule has 1 amide bonds. The minimum absolute atomic E-state index is 0.0327. The van der Waals surface area contributed by atoms with Gasteiger partial charge in [0.05, 0.1) is 11.5 Å². The topological polar surface area (TPSA) is 105 Å². The molecule has 8 heteroatoms. The maximum absolute atomic E-state index is 12.7. The summed E-state index contributed by atoms with van der Waals surface area (Å²) < 4.78 is 23.4. The number of aromatic carboxylic acids is 1. The Morgan fingerprint density at radius 2 is 2.04 bits per heavy atom. The molecule has 126 valence electrons. The molecule has 1 atom stereocenters. The van der Waals surface area contributed by atoms with Gasteiger partial charge in [0.2, 0.25) is 0 Å². The lowest BCUT2D eigenvalue weighted by Crippen LogP contribution is -2.42. The first-order valence-corrected chi connectivity index (χ1v) is 9.38. The second-order valence-electron chi connectivity index (χ2n) is 5.62. The molecule has 7 nitrogen and oxygen atoms in total. The van der Waals surface area contributed by atoms with E-state index in [4.69, 9.17) is 5.11 Å². The van der Waals surface area contributed by atoms with Crippen molar-refractivity contribution in [2.75, 3.05) is 18.1 Å². The Hall–Kier alpha value is -1.96. The van der Waals surface area contributed by atoms with Gasteiger partial charge in [-0.25, -0.2) is 18.2 Å². The van der Waals surface area contributed by atoms with Gasteiger partial charge in [-0.3, -0.25) is 4.79 Å². The molecular formula is C15H20N2O5S. The molecule has 1 unspecified atom stereocenters. The molecule has 1 aliphatic rings. The van der Waals surface area contributed by atoms with Crippen LogP contribution in [0.5, 0.6) is 0 Å². The number of pyridine rings is 1. The molecule has 1 aromatic heterocycles. The average Bonchev–Trinajstić information content (AvgIpc) is 2.87. The first-order valence-electron chi connectivity index (χ1n) is 7.56. The number of aromatic nitrogens is 1. The van der Waals surface area contributed by atoms with Gasteiger partial charge in [-0.1, -0.05) is 19.4 Å². The van der Waals surface area contributed by atoms with Crippen LogP contribution < -0.4 is 0 Å². The van der Waals surface area contributed by atoms with Crippen molar-refractivity contribution in [1.29, 1.82) is 0 Å². The van der Waals surface area contributed by atoms with Gasteiger partial charge in [0.15, 0.2) is 9.84 Å². The summed E-state index contributed by atoms with van der Waals surface area (Å²) in [6, 6.07) is 3.87. The maximum Gasteiger partial charge on any atom is 0.354 e. The highest BCUT2D eigenvalue weighted by Gasteiger charge is 2.35. The molecule has 23 heavy (non-hydrogen) atoms. The summed E-state index contributed by atoms with van der Waals surface area (Å²) in [7, 11) is -3.11. The zero-order chi connectivity index (χ0) is 17.0. The number of carbonyl (C=O) groups excluding carboxylic acids is 1. The Bertz CT molecular complexity index is 702. The Morgan fingerprint density at radius 1 is 1.35 bits per heavy atom. The second kappa shape index (κ2) is 7.08. The van der Waals surface area contributed by atoms with Crippen LogP contribution in [0.3, 0.4) is 0 Å². The monoisotopic (exact) mass is 340 g/mol. The van der Waals surface area contributed by atoms with Gasteiger partial charge in [-0.05, 0) is 25.0 Å². The summed E-state index contributed by atoms with van der Waals surface area (Å²) in [5.41, 5.74) is -0.171. The van der Waals surface area contributed by atoms with Crippen molar-refractivity contribution < 1.29 is 23.1 Å². The van der Waals surface area contributed by atoms with E-state index in [-0.39, 0.29) is 28.9 Å². The zero-order valence-electron chi connectivity index (χ0n) is 12.9. The quantitative estimate of drug-likeness (QED) is 0.834. The normalized spacial score (nSPS) is 19.4. The molecule has 0 aromatic carbocycles. The highest BCUT2D eigenvalue weighted by atomic mass is 32.2. The first-order chi connectivity index (χ1) is 10.8. The molecule has 2 heterocycles. The molecule has 1 aliphatic heterocycles. The molecule has 1 fully saturated rings. The molecule has 0 spiro atoms. The van der Waals surface area contributed by atoms with Gasteiger partial charge >= 0.3 is 5.97 Å². The number of carbonyl (C=O) groups is 2. The number of carboxylic acids is 1. The predicted octanol–water partition coefficient (Wildman–Crippen LogP) is 1.21. The van der Waals surface area contributed by atoms with E-state index >= 15 is 0 Å². The van der Waals surface area contributed by atoms with Crippen LogP contribution >= 0.6 is 0 Å². The van der Waals surface area contributed by atoms with Crippen molar-refractivity contribution >= 4 is 21.7 Å². The summed E-state index contributed by atoms with van der Waals surface area (Å²) in [6.45, 7) is 2.42. The number of carboxylic acid groups (broad SMARTS) is 1. The van der Waals surface area contributed by atoms with Crippen molar-refractivity contribution in [3.8, 4) is 0 Å². The highest BCUT2D eigenvalue weighted by molar-refractivity contribution is 7.91. The summed E-state index contributed by atoms with van der Waals surface area (Å²) in [5, 5.41) is 8.98. The first kappa shape index (κ1) is 17.4. The lowest BCUT2D eigenvalue weighted by molar-refractivity contribution is 0.0682. The van der Waals surface area contributed by atoms with Crippen molar-refractivity contribution in [2.45, 2.75) is 32.2 Å². The average molecular weight is 340 g/mol. The van der Waals surface area contributed by atoms with Gasteiger partial charge in [-0.2, -0.15) is 0 Å². The van der Waals surface area contributed by atoms with Gasteiger partial charge in [-0.15, -0.1) is 0 Å². The van der Waals surface area contributed by atoms with E-state index in [0.29, 0.717) is 13.0 Å². The Morgan fingerprint density at radius 3 is 2.61 bits per heavy atom. The summed E-state index contributed by atoms with van der Waals surface area (Å²) in [4.78, 5) is 29.1.